The number of amides is 6. The van der Waals surface area contributed by atoms with E-state index in [4.69, 9.17) is 9.47 Å². The van der Waals surface area contributed by atoms with Crippen LogP contribution in [0.4, 0.5) is 11.4 Å². The third kappa shape index (κ3) is 50.4. The predicted octanol–water partition coefficient (Wildman–Crippen LogP) is 32.3. The molecule has 0 saturated heterocycles. The van der Waals surface area contributed by atoms with E-state index in [1.165, 1.54) is 154 Å². The van der Waals surface area contributed by atoms with Crippen LogP contribution in [-0.4, -0.2) is 121 Å². The second-order valence-corrected chi connectivity index (χ2v) is 39.3. The number of hydrogen-bond acceptors (Lipinski definition) is 8. The summed E-state index contributed by atoms with van der Waals surface area (Å²) in [7, 11) is 0. The van der Waals surface area contributed by atoms with Crippen molar-refractivity contribution in [3.8, 4) is 58.9 Å². The van der Waals surface area contributed by atoms with Crippen molar-refractivity contribution in [3.05, 3.63) is 224 Å². The van der Waals surface area contributed by atoms with Crippen molar-refractivity contribution in [3.63, 3.8) is 0 Å². The Kier molecular flexibility index (Phi) is 63.2. The van der Waals surface area contributed by atoms with Crippen molar-refractivity contribution in [1.82, 2.24) is 19.6 Å². The Morgan fingerprint density at radius 3 is 0.634 bits per heavy atom. The average molecular weight is 1930 g/mol. The van der Waals surface area contributed by atoms with Crippen LogP contribution in [0.3, 0.4) is 0 Å². The fraction of sp³-hybridized carbons (Fsp3) is 0.562. The number of hydrogen-bond donors (Lipinski definition) is 2. The SMILES string of the molecule is CCCCCCCCN(CCCCCCCC)C(=O)c1cc(NC(=O)CCCCOc2cc(C#Cc3ccc(C#Cc4ccccc4)cc3)c(OCCCCC(=O)Nc3cc(C(=O)N(CCCCCCCC)CCCCCCCC)cc(C(=O)N(CCCCCCCC)CCCCCCCC)c3)cc2C#Cc2ccc(C#Cc3ccccc3)cc2)cc(C(=O)N(CCCCCCCC)CCCCCCCC)c1. The molecule has 7 aromatic rings. The molecular weight excluding hydrogens is 1750 g/mol. The van der Waals surface area contributed by atoms with Gasteiger partial charge in [0, 0.05) is 144 Å². The highest BCUT2D eigenvalue weighted by Crippen LogP contribution is 2.32. The highest BCUT2D eigenvalue weighted by molar-refractivity contribution is 6.04. The molecule has 0 aliphatic carbocycles. The number of rotatable bonds is 74. The van der Waals surface area contributed by atoms with E-state index in [0.717, 1.165) is 187 Å². The molecular formula is C128H180N6O8. The minimum absolute atomic E-state index is 0.101. The summed E-state index contributed by atoms with van der Waals surface area (Å²) in [4.78, 5) is 97.9. The summed E-state index contributed by atoms with van der Waals surface area (Å²) in [6, 6.07) is 50.1. The lowest BCUT2D eigenvalue weighted by molar-refractivity contribution is -0.117. The molecule has 0 saturated carbocycles. The van der Waals surface area contributed by atoms with E-state index < -0.39 is 0 Å². The number of nitrogens with zero attached hydrogens (tertiary/aromatic N) is 4. The van der Waals surface area contributed by atoms with Crippen molar-refractivity contribution in [2.24, 2.45) is 0 Å². The number of carbonyl (C=O) groups excluding carboxylic acids is 6. The maximum Gasteiger partial charge on any atom is 0.253 e. The van der Waals surface area contributed by atoms with E-state index in [9.17, 15) is 9.59 Å². The smallest absolute Gasteiger partial charge is 0.253 e. The van der Waals surface area contributed by atoms with Crippen LogP contribution in [0.1, 0.15) is 488 Å². The highest BCUT2D eigenvalue weighted by Gasteiger charge is 2.26. The lowest BCUT2D eigenvalue weighted by Crippen LogP contribution is -2.35. The molecule has 7 rings (SSSR count). The molecule has 14 heteroatoms. The fourth-order valence-electron chi connectivity index (χ4n) is 18.0. The van der Waals surface area contributed by atoms with Crippen molar-refractivity contribution in [1.29, 1.82) is 0 Å². The molecule has 142 heavy (non-hydrogen) atoms. The Balaban J connectivity index is 1.20. The number of carbonyl (C=O) groups is 6. The molecule has 0 aliphatic heterocycles. The van der Waals surface area contributed by atoms with E-state index >= 15 is 19.2 Å². The first-order valence-corrected chi connectivity index (χ1v) is 56.6. The van der Waals surface area contributed by atoms with Gasteiger partial charge >= 0.3 is 0 Å². The van der Waals surface area contributed by atoms with Crippen LogP contribution in [0, 0.1) is 47.4 Å². The lowest BCUT2D eigenvalue weighted by Gasteiger charge is -2.25. The van der Waals surface area contributed by atoms with Crippen molar-refractivity contribution >= 4 is 46.8 Å². The second-order valence-electron chi connectivity index (χ2n) is 39.3. The Labute approximate surface area is 860 Å². The first kappa shape index (κ1) is 118. The number of benzene rings is 7. The van der Waals surface area contributed by atoms with Gasteiger partial charge in [-0.1, -0.05) is 396 Å². The molecule has 0 aromatic heterocycles. The van der Waals surface area contributed by atoms with Gasteiger partial charge in [-0.25, -0.2) is 0 Å². The van der Waals surface area contributed by atoms with E-state index in [0.29, 0.717) is 134 Å². The van der Waals surface area contributed by atoms with Crippen LogP contribution >= 0.6 is 0 Å². The van der Waals surface area contributed by atoms with E-state index in [2.05, 4.69) is 113 Å². The van der Waals surface area contributed by atoms with Crippen LogP contribution in [-0.2, 0) is 9.59 Å². The van der Waals surface area contributed by atoms with Gasteiger partial charge in [-0.3, -0.25) is 28.8 Å². The summed E-state index contributed by atoms with van der Waals surface area (Å²) in [5, 5.41) is 6.38. The largest absolute Gasteiger partial charge is 0.492 e. The van der Waals surface area contributed by atoms with Crippen LogP contribution in [0.5, 0.6) is 11.5 Å². The van der Waals surface area contributed by atoms with Gasteiger partial charge in [-0.15, -0.1) is 0 Å². The summed E-state index contributed by atoms with van der Waals surface area (Å²) in [5.41, 5.74) is 8.75. The van der Waals surface area contributed by atoms with E-state index in [1.54, 1.807) is 36.4 Å². The molecule has 6 amide bonds. The van der Waals surface area contributed by atoms with Crippen LogP contribution in [0.2, 0.25) is 0 Å². The number of unbranched alkanes of at least 4 members (excludes halogenated alkanes) is 42. The first-order chi connectivity index (χ1) is 69.7. The van der Waals surface area contributed by atoms with Gasteiger partial charge in [0.25, 0.3) is 23.6 Å². The van der Waals surface area contributed by atoms with Crippen LogP contribution in [0.15, 0.2) is 158 Å². The van der Waals surface area contributed by atoms with Crippen molar-refractivity contribution < 1.29 is 38.2 Å². The van der Waals surface area contributed by atoms with Gasteiger partial charge in [0.15, 0.2) is 0 Å². The van der Waals surface area contributed by atoms with Crippen LogP contribution in [0.25, 0.3) is 0 Å². The molecule has 0 atom stereocenters. The zero-order chi connectivity index (χ0) is 101. The number of ether oxygens (including phenoxy) is 2. The highest BCUT2D eigenvalue weighted by atomic mass is 16.5. The minimum Gasteiger partial charge on any atom is -0.492 e. The third-order valence-electron chi connectivity index (χ3n) is 26.7. The summed E-state index contributed by atoms with van der Waals surface area (Å²) < 4.78 is 13.7. The molecule has 14 nitrogen and oxygen atoms in total. The zero-order valence-electron chi connectivity index (χ0n) is 89.3. The third-order valence-corrected chi connectivity index (χ3v) is 26.7. The number of anilines is 2. The molecule has 7 aromatic carbocycles. The van der Waals surface area contributed by atoms with E-state index in [1.807, 2.05) is 141 Å². The molecule has 2 N–H and O–H groups in total. The summed E-state index contributed by atoms with van der Waals surface area (Å²) in [5.74, 6) is 26.9. The first-order valence-electron chi connectivity index (χ1n) is 56.6. The van der Waals surface area contributed by atoms with Gasteiger partial charge in [-0.2, -0.15) is 0 Å². The Bertz CT molecular complexity index is 4450. The maximum absolute atomic E-state index is 15.2. The molecule has 0 spiro atoms. The zero-order valence-corrected chi connectivity index (χ0v) is 89.3. The molecule has 0 heterocycles. The van der Waals surface area contributed by atoms with Gasteiger partial charge in [0.1, 0.15) is 11.5 Å². The van der Waals surface area contributed by atoms with Gasteiger partial charge in [0.05, 0.1) is 24.3 Å². The Morgan fingerprint density at radius 2 is 0.415 bits per heavy atom. The molecule has 0 radical (unpaired) electrons. The Hall–Kier alpha value is -10.8. The van der Waals surface area contributed by atoms with Gasteiger partial charge in [0.2, 0.25) is 11.8 Å². The van der Waals surface area contributed by atoms with Gasteiger partial charge < -0.3 is 39.7 Å². The average Bonchev–Trinajstić information content (AvgIpc) is 0.821. The Morgan fingerprint density at radius 1 is 0.218 bits per heavy atom. The summed E-state index contributed by atoms with van der Waals surface area (Å²) >= 11 is 0. The van der Waals surface area contributed by atoms with Gasteiger partial charge in [-0.05, 0) is 186 Å². The minimum atomic E-state index is -0.228. The van der Waals surface area contributed by atoms with Crippen molar-refractivity contribution in [2.75, 3.05) is 76.2 Å². The quantitative estimate of drug-likeness (QED) is 0.0282. The molecule has 0 fully saturated rings. The normalized spacial score (nSPS) is 10.9. The fourth-order valence-corrected chi connectivity index (χ4v) is 18.0. The monoisotopic (exact) mass is 1930 g/mol. The van der Waals surface area contributed by atoms with E-state index in [-0.39, 0.29) is 61.5 Å². The number of nitrogens with one attached hydrogen (secondary N) is 2. The van der Waals surface area contributed by atoms with Crippen molar-refractivity contribution in [2.45, 2.75) is 402 Å². The standard InChI is InChI=1S/C128H180N6O8/c1-9-17-25-33-41-57-89-131(90-58-42-34-26-18-10-2)125(137)115-99-116(126(138)132(91-59-43-35-27-19-11-3)92-60-44-36-28-20-12-4)102-119(101-115)129-123(135)71-55-65-97-141-121-105-114(88-86-112-83-79-110(80-84-112)76-74-108-69-53-50-54-70-108)122(106-113(121)87-85-111-81-77-109(78-82-111)75-73-107-67-51-49-52-68-107)142-98-66-56-72-124(136)130-120-103-117(127(139)133(93-61-45-37-29-21-13-5)94-62-46-38-30-22-14-6)100-118(104-120)128(140)134(95-63-47-39-31-23-15-7)96-64-48-40-32-24-16-8/h49-54,67-70,77-84,99-106H,9-48,55-66,71-72,89-98H2,1-8H3,(H,129,135)(H,130,136). The summed E-state index contributed by atoms with van der Waals surface area (Å²) in [6.45, 7) is 23.5. The topological polar surface area (TPSA) is 158 Å². The summed E-state index contributed by atoms with van der Waals surface area (Å²) in [6.07, 6.45) is 55.5. The molecule has 770 valence electrons. The lowest BCUT2D eigenvalue weighted by atomic mass is 10.0. The molecule has 0 bridgehead atoms. The predicted molar refractivity (Wildman–Crippen MR) is 596 cm³/mol. The molecule has 0 unspecified atom stereocenters. The maximum atomic E-state index is 15.2. The second kappa shape index (κ2) is 75.9. The molecule has 0 aliphatic rings. The van der Waals surface area contributed by atoms with Crippen LogP contribution < -0.4 is 20.1 Å².